The molecule has 6 nitrogen and oxygen atoms in total. The molecule has 2 aromatic rings. The Morgan fingerprint density at radius 2 is 2.15 bits per heavy atom. The number of hydrogen-bond acceptors (Lipinski definition) is 5. The number of rotatable bonds is 4. The van der Waals surface area contributed by atoms with Crippen LogP contribution in [-0.2, 0) is 0 Å². The van der Waals surface area contributed by atoms with E-state index in [1.165, 1.54) is 18.2 Å². The van der Waals surface area contributed by atoms with Gasteiger partial charge in [-0.15, -0.1) is 0 Å². The number of nitro groups is 1. The molecule has 1 aromatic heterocycles. The largest absolute Gasteiger partial charge is 0.478 e. The van der Waals surface area contributed by atoms with Crippen molar-refractivity contribution in [1.82, 2.24) is 4.98 Å². The van der Waals surface area contributed by atoms with Crippen molar-refractivity contribution in [2.75, 3.05) is 0 Å². The second-order valence-corrected chi connectivity index (χ2v) is 5.52. The summed E-state index contributed by atoms with van der Waals surface area (Å²) in [6.45, 7) is 0. The Kier molecular flexibility index (Phi) is 4.35. The Morgan fingerprint density at radius 1 is 1.40 bits per heavy atom. The molecule has 20 heavy (non-hydrogen) atoms. The van der Waals surface area contributed by atoms with E-state index in [4.69, 9.17) is 5.11 Å². The first-order valence-corrected chi connectivity index (χ1v) is 6.90. The van der Waals surface area contributed by atoms with Gasteiger partial charge in [0.1, 0.15) is 5.03 Å². The van der Waals surface area contributed by atoms with E-state index >= 15 is 0 Å². The topological polar surface area (TPSA) is 93.3 Å². The molecule has 0 spiro atoms. The normalized spacial score (nSPS) is 10.2. The second-order valence-electron chi connectivity index (χ2n) is 3.64. The molecule has 8 heteroatoms. The molecule has 102 valence electrons. The van der Waals surface area contributed by atoms with Gasteiger partial charge in [0.25, 0.3) is 5.69 Å². The maximum atomic E-state index is 11.2. The van der Waals surface area contributed by atoms with E-state index in [9.17, 15) is 14.9 Å². The average molecular weight is 355 g/mol. The summed E-state index contributed by atoms with van der Waals surface area (Å²) in [5.41, 5.74) is -0.164. The lowest BCUT2D eigenvalue weighted by atomic mass is 10.2. The fourth-order valence-electron chi connectivity index (χ4n) is 1.44. The molecule has 1 N–H and O–H groups in total. The Morgan fingerprint density at radius 3 is 2.75 bits per heavy atom. The van der Waals surface area contributed by atoms with Gasteiger partial charge in [0.2, 0.25) is 0 Å². The molecule has 1 heterocycles. The van der Waals surface area contributed by atoms with E-state index in [0.29, 0.717) is 9.50 Å². The second kappa shape index (κ2) is 6.02. The number of nitro benzene ring substituents is 1. The lowest BCUT2D eigenvalue weighted by Crippen LogP contribution is -2.00. The molecule has 0 atom stereocenters. The van der Waals surface area contributed by atoms with Gasteiger partial charge in [0, 0.05) is 23.2 Å². The molecular weight excluding hydrogens is 348 g/mol. The van der Waals surface area contributed by atoms with Gasteiger partial charge in [-0.1, -0.05) is 11.8 Å². The summed E-state index contributed by atoms with van der Waals surface area (Å²) in [6, 6.07) is 7.10. The fraction of sp³-hybridized carbons (Fsp3) is 0. The molecule has 0 aliphatic rings. The predicted octanol–water partition coefficient (Wildman–Crippen LogP) is 3.60. The van der Waals surface area contributed by atoms with Crippen LogP contribution in [0.2, 0.25) is 0 Å². The minimum atomic E-state index is -1.14. The third kappa shape index (κ3) is 3.14. The van der Waals surface area contributed by atoms with Crippen LogP contribution in [0.3, 0.4) is 0 Å². The summed E-state index contributed by atoms with van der Waals surface area (Å²) in [4.78, 5) is 25.7. The number of nitrogens with zero attached hydrogens (tertiary/aromatic N) is 2. The van der Waals surface area contributed by atoms with Gasteiger partial charge >= 0.3 is 5.97 Å². The summed E-state index contributed by atoms with van der Waals surface area (Å²) in [6.07, 6.45) is 1.56. The van der Waals surface area contributed by atoms with Crippen LogP contribution in [0.15, 0.2) is 50.9 Å². The average Bonchev–Trinajstić information content (AvgIpc) is 2.41. The molecule has 0 saturated carbocycles. The molecular formula is C12H7BrN2O4S. The number of pyridine rings is 1. The fourth-order valence-corrected chi connectivity index (χ4v) is 2.87. The van der Waals surface area contributed by atoms with E-state index < -0.39 is 10.9 Å². The van der Waals surface area contributed by atoms with E-state index in [1.54, 1.807) is 18.3 Å². The number of benzene rings is 1. The number of aromatic nitrogens is 1. The summed E-state index contributed by atoms with van der Waals surface area (Å²) in [7, 11) is 0. The summed E-state index contributed by atoms with van der Waals surface area (Å²) in [5.74, 6) is -1.14. The monoisotopic (exact) mass is 354 g/mol. The van der Waals surface area contributed by atoms with Gasteiger partial charge in [-0.3, -0.25) is 10.1 Å². The zero-order valence-electron chi connectivity index (χ0n) is 9.82. The zero-order valence-corrected chi connectivity index (χ0v) is 12.2. The van der Waals surface area contributed by atoms with Gasteiger partial charge in [0.15, 0.2) is 0 Å². The van der Waals surface area contributed by atoms with Gasteiger partial charge in [-0.2, -0.15) is 0 Å². The number of aromatic carboxylic acids is 1. The third-order valence-corrected chi connectivity index (χ3v) is 4.32. The van der Waals surface area contributed by atoms with E-state index in [2.05, 4.69) is 20.9 Å². The van der Waals surface area contributed by atoms with Crippen molar-refractivity contribution in [2.24, 2.45) is 0 Å². The van der Waals surface area contributed by atoms with Gasteiger partial charge < -0.3 is 5.11 Å². The van der Waals surface area contributed by atoms with Crippen molar-refractivity contribution in [2.45, 2.75) is 9.92 Å². The third-order valence-electron chi connectivity index (χ3n) is 2.34. The predicted molar refractivity (Wildman–Crippen MR) is 76.1 cm³/mol. The van der Waals surface area contributed by atoms with Crippen LogP contribution in [0.25, 0.3) is 0 Å². The molecule has 0 aliphatic heterocycles. The van der Waals surface area contributed by atoms with Crippen LogP contribution in [-0.4, -0.2) is 21.0 Å². The quantitative estimate of drug-likeness (QED) is 0.665. The lowest BCUT2D eigenvalue weighted by Gasteiger charge is -2.06. The van der Waals surface area contributed by atoms with Crippen LogP contribution in [0, 0.1) is 10.1 Å². The first kappa shape index (κ1) is 14.5. The SMILES string of the molecule is O=C(O)c1ccc([N+](=O)[O-])cc1Sc1ncccc1Br. The van der Waals surface area contributed by atoms with Gasteiger partial charge in [0.05, 0.1) is 15.0 Å². The number of carboxylic acids is 1. The van der Waals surface area contributed by atoms with Crippen molar-refractivity contribution >= 4 is 39.3 Å². The minimum absolute atomic E-state index is 0.00171. The van der Waals surface area contributed by atoms with Crippen LogP contribution in [0.1, 0.15) is 10.4 Å². The number of carboxylic acid groups (broad SMARTS) is 1. The molecule has 0 saturated heterocycles. The van der Waals surface area contributed by atoms with Crippen molar-refractivity contribution in [3.8, 4) is 0 Å². The maximum Gasteiger partial charge on any atom is 0.336 e. The molecule has 0 unspecified atom stereocenters. The Balaban J connectivity index is 2.48. The lowest BCUT2D eigenvalue weighted by molar-refractivity contribution is -0.385. The first-order chi connectivity index (χ1) is 9.49. The number of hydrogen-bond donors (Lipinski definition) is 1. The van der Waals surface area contributed by atoms with Crippen LogP contribution in [0.4, 0.5) is 5.69 Å². The van der Waals surface area contributed by atoms with Crippen molar-refractivity contribution in [1.29, 1.82) is 0 Å². The van der Waals surface area contributed by atoms with Crippen molar-refractivity contribution in [3.63, 3.8) is 0 Å². The highest BCUT2D eigenvalue weighted by Crippen LogP contribution is 2.35. The van der Waals surface area contributed by atoms with Gasteiger partial charge in [-0.25, -0.2) is 9.78 Å². The smallest absolute Gasteiger partial charge is 0.336 e. The number of carbonyl (C=O) groups is 1. The van der Waals surface area contributed by atoms with E-state index in [-0.39, 0.29) is 16.1 Å². The van der Waals surface area contributed by atoms with Crippen molar-refractivity contribution in [3.05, 3.63) is 56.7 Å². The molecule has 0 bridgehead atoms. The highest BCUT2D eigenvalue weighted by atomic mass is 79.9. The Labute approximate surface area is 126 Å². The van der Waals surface area contributed by atoms with Crippen LogP contribution >= 0.6 is 27.7 Å². The molecule has 0 aliphatic carbocycles. The maximum absolute atomic E-state index is 11.2. The molecule has 0 radical (unpaired) electrons. The number of non-ortho nitro benzene ring substituents is 1. The number of halogens is 1. The van der Waals surface area contributed by atoms with Gasteiger partial charge in [-0.05, 0) is 34.1 Å². The van der Waals surface area contributed by atoms with Crippen LogP contribution < -0.4 is 0 Å². The highest BCUT2D eigenvalue weighted by molar-refractivity contribution is 9.10. The van der Waals surface area contributed by atoms with Crippen molar-refractivity contribution < 1.29 is 14.8 Å². The highest BCUT2D eigenvalue weighted by Gasteiger charge is 2.17. The standard InChI is InChI=1S/C12H7BrN2O4S/c13-9-2-1-5-14-11(9)20-10-6-7(15(18)19)3-4-8(10)12(16)17/h1-6H,(H,16,17). The molecule has 1 aromatic carbocycles. The van der Waals surface area contributed by atoms with E-state index in [0.717, 1.165) is 11.8 Å². The summed E-state index contributed by atoms with van der Waals surface area (Å²) >= 11 is 4.36. The molecule has 0 fully saturated rings. The Bertz CT molecular complexity index is 693. The first-order valence-electron chi connectivity index (χ1n) is 5.29. The molecule has 0 amide bonds. The van der Waals surface area contributed by atoms with Crippen LogP contribution in [0.5, 0.6) is 0 Å². The van der Waals surface area contributed by atoms with E-state index in [1.807, 2.05) is 0 Å². The summed E-state index contributed by atoms with van der Waals surface area (Å²) < 4.78 is 0.688. The zero-order chi connectivity index (χ0) is 14.7. The summed E-state index contributed by atoms with van der Waals surface area (Å²) in [5, 5.41) is 20.4. The molecule has 2 rings (SSSR count). The Hall–Kier alpha value is -1.93. The minimum Gasteiger partial charge on any atom is -0.478 e.